The number of likely N-dealkylation sites (tertiary alicyclic amines) is 1. The molecule has 2 aromatic heterocycles. The molecule has 1 aliphatic rings. The van der Waals surface area contributed by atoms with Crippen LogP contribution in [0.2, 0.25) is 0 Å². The summed E-state index contributed by atoms with van der Waals surface area (Å²) < 4.78 is 5.16. The topological polar surface area (TPSA) is 51.1 Å². The molecule has 0 spiro atoms. The number of thiophene rings is 2. The predicted octanol–water partition coefficient (Wildman–Crippen LogP) is 4.16. The fourth-order valence-corrected chi connectivity index (χ4v) is 4.92. The average molecular weight is 407 g/mol. The van der Waals surface area contributed by atoms with E-state index in [1.165, 1.54) is 5.56 Å². The number of ether oxygens (including phenoxy) is 1. The minimum Gasteiger partial charge on any atom is -0.466 e. The van der Waals surface area contributed by atoms with Crippen LogP contribution in [0.3, 0.4) is 0 Å². The maximum absolute atomic E-state index is 12.0. The van der Waals surface area contributed by atoms with Crippen LogP contribution in [0.25, 0.3) is 0 Å². The lowest BCUT2D eigenvalue weighted by atomic mass is 9.98. The van der Waals surface area contributed by atoms with Crippen molar-refractivity contribution >= 4 is 34.4 Å². The maximum Gasteiger partial charge on any atom is 0.310 e. The average Bonchev–Trinajstić information content (AvgIpc) is 3.35. The zero-order chi connectivity index (χ0) is 19.1. The second kappa shape index (κ2) is 10.0. The van der Waals surface area contributed by atoms with E-state index in [0.717, 1.165) is 47.9 Å². The zero-order valence-corrected chi connectivity index (χ0v) is 17.5. The summed E-state index contributed by atoms with van der Waals surface area (Å²) in [4.78, 5) is 22.2. The van der Waals surface area contributed by atoms with Gasteiger partial charge >= 0.3 is 5.97 Å². The molecule has 2 aromatic rings. The van der Waals surface area contributed by atoms with Gasteiger partial charge in [0.15, 0.2) is 0 Å². The number of oxime groups is 1. The van der Waals surface area contributed by atoms with Crippen molar-refractivity contribution in [3.05, 3.63) is 44.3 Å². The normalized spacial score (nSPS) is 18.4. The zero-order valence-electron chi connectivity index (χ0n) is 15.8. The Labute approximate surface area is 168 Å². The summed E-state index contributed by atoms with van der Waals surface area (Å²) in [5.74, 6) is -0.0908. The molecule has 0 amide bonds. The van der Waals surface area contributed by atoms with Gasteiger partial charge < -0.3 is 9.57 Å². The Morgan fingerprint density at radius 3 is 2.93 bits per heavy atom. The van der Waals surface area contributed by atoms with Crippen molar-refractivity contribution in [2.45, 2.75) is 26.7 Å². The number of nitrogens with zero attached hydrogens (tertiary/aromatic N) is 2. The van der Waals surface area contributed by atoms with Gasteiger partial charge in [0.05, 0.1) is 22.3 Å². The third kappa shape index (κ3) is 5.40. The Morgan fingerprint density at radius 1 is 1.33 bits per heavy atom. The van der Waals surface area contributed by atoms with Gasteiger partial charge in [0.25, 0.3) is 0 Å². The minimum absolute atomic E-state index is 0.0161. The van der Waals surface area contributed by atoms with Crippen molar-refractivity contribution in [2.75, 3.05) is 32.8 Å². The molecule has 146 valence electrons. The molecule has 0 unspecified atom stereocenters. The second-order valence-corrected chi connectivity index (χ2v) is 8.44. The van der Waals surface area contributed by atoms with E-state index in [4.69, 9.17) is 9.57 Å². The van der Waals surface area contributed by atoms with Gasteiger partial charge in [-0.25, -0.2) is 0 Å². The molecule has 0 saturated carbocycles. The van der Waals surface area contributed by atoms with Gasteiger partial charge in [-0.15, -0.1) is 22.7 Å². The first-order chi connectivity index (χ1) is 13.2. The first kappa shape index (κ1) is 20.0. The van der Waals surface area contributed by atoms with Crippen molar-refractivity contribution in [1.29, 1.82) is 0 Å². The number of hydrogen-bond acceptors (Lipinski definition) is 7. The molecule has 1 atom stereocenters. The third-order valence-electron chi connectivity index (χ3n) is 4.61. The highest BCUT2D eigenvalue weighted by Crippen LogP contribution is 2.24. The predicted molar refractivity (Wildman–Crippen MR) is 111 cm³/mol. The van der Waals surface area contributed by atoms with Crippen molar-refractivity contribution < 1.29 is 14.4 Å². The number of carbonyl (C=O) groups excluding carboxylic acids is 1. The van der Waals surface area contributed by atoms with Crippen molar-refractivity contribution in [3.8, 4) is 0 Å². The van der Waals surface area contributed by atoms with Crippen LogP contribution in [-0.4, -0.2) is 49.4 Å². The molecule has 3 heterocycles. The first-order valence-electron chi connectivity index (χ1n) is 9.36. The van der Waals surface area contributed by atoms with Gasteiger partial charge in [-0.3, -0.25) is 9.69 Å². The Morgan fingerprint density at radius 2 is 2.22 bits per heavy atom. The SMILES string of the molecule is CCOC(=O)[C@@H]1CCCN(CCO/N=C(/c2cccs2)c2sccc2C)C1. The number of rotatable bonds is 8. The standard InChI is InChI=1S/C20H26N2O3S2/c1-3-24-20(23)16-6-4-9-22(14-16)10-11-25-21-18(17-7-5-12-26-17)19-15(2)8-13-27-19/h5,7-8,12-13,16H,3-4,6,9-11,14H2,1-2H3/b21-18-/t16-/m1/s1. The number of hydrogen-bond donors (Lipinski definition) is 0. The van der Waals surface area contributed by atoms with Crippen LogP contribution in [0.15, 0.2) is 34.1 Å². The summed E-state index contributed by atoms with van der Waals surface area (Å²) in [6, 6.07) is 6.20. The van der Waals surface area contributed by atoms with Gasteiger partial charge in [0.1, 0.15) is 12.3 Å². The number of carbonyl (C=O) groups is 1. The van der Waals surface area contributed by atoms with Gasteiger partial charge in [0, 0.05) is 13.1 Å². The number of aryl methyl sites for hydroxylation is 1. The lowest BCUT2D eigenvalue weighted by molar-refractivity contribution is -0.150. The monoisotopic (exact) mass is 406 g/mol. The Bertz CT molecular complexity index is 755. The molecule has 1 fully saturated rings. The van der Waals surface area contributed by atoms with Crippen LogP contribution in [0, 0.1) is 12.8 Å². The van der Waals surface area contributed by atoms with Gasteiger partial charge in [-0.05, 0) is 61.7 Å². The van der Waals surface area contributed by atoms with Gasteiger partial charge in [-0.2, -0.15) is 0 Å². The molecule has 27 heavy (non-hydrogen) atoms. The molecule has 7 heteroatoms. The largest absolute Gasteiger partial charge is 0.466 e. The smallest absolute Gasteiger partial charge is 0.310 e. The van der Waals surface area contributed by atoms with E-state index in [9.17, 15) is 4.79 Å². The summed E-state index contributed by atoms with van der Waals surface area (Å²) in [6.07, 6.45) is 1.93. The fraction of sp³-hybridized carbons (Fsp3) is 0.500. The molecule has 0 aromatic carbocycles. The third-order valence-corrected chi connectivity index (χ3v) is 6.51. The van der Waals surface area contributed by atoms with E-state index < -0.39 is 0 Å². The van der Waals surface area contributed by atoms with Crippen LogP contribution >= 0.6 is 22.7 Å². The molecule has 1 saturated heterocycles. The molecule has 3 rings (SSSR count). The maximum atomic E-state index is 12.0. The Hall–Kier alpha value is -1.70. The molecular weight excluding hydrogens is 380 g/mol. The van der Waals surface area contributed by atoms with E-state index in [-0.39, 0.29) is 11.9 Å². The summed E-state index contributed by atoms with van der Waals surface area (Å²) in [6.45, 7) is 7.40. The Balaban J connectivity index is 1.55. The highest BCUT2D eigenvalue weighted by atomic mass is 32.1. The molecule has 0 aliphatic carbocycles. The molecule has 0 bridgehead atoms. The summed E-state index contributed by atoms with van der Waals surface area (Å²) in [7, 11) is 0. The van der Waals surface area contributed by atoms with Crippen LogP contribution < -0.4 is 0 Å². The highest BCUT2D eigenvalue weighted by molar-refractivity contribution is 7.16. The molecular formula is C20H26N2O3S2. The van der Waals surface area contributed by atoms with Crippen molar-refractivity contribution in [1.82, 2.24) is 4.90 Å². The van der Waals surface area contributed by atoms with Crippen LogP contribution in [0.5, 0.6) is 0 Å². The molecule has 0 N–H and O–H groups in total. The van der Waals surface area contributed by atoms with Crippen molar-refractivity contribution in [3.63, 3.8) is 0 Å². The number of piperidine rings is 1. The number of esters is 1. The van der Waals surface area contributed by atoms with E-state index in [0.29, 0.717) is 13.2 Å². The Kier molecular flexibility index (Phi) is 7.43. The van der Waals surface area contributed by atoms with Crippen molar-refractivity contribution in [2.24, 2.45) is 11.1 Å². The van der Waals surface area contributed by atoms with Gasteiger partial charge in [-0.1, -0.05) is 11.2 Å². The highest BCUT2D eigenvalue weighted by Gasteiger charge is 2.26. The van der Waals surface area contributed by atoms with Gasteiger partial charge in [0.2, 0.25) is 0 Å². The summed E-state index contributed by atoms with van der Waals surface area (Å²) in [5.41, 5.74) is 2.12. The quantitative estimate of drug-likeness (QED) is 0.286. The first-order valence-corrected chi connectivity index (χ1v) is 11.1. The minimum atomic E-state index is -0.0747. The van der Waals surface area contributed by atoms with Crippen LogP contribution in [-0.2, 0) is 14.4 Å². The van der Waals surface area contributed by atoms with E-state index in [1.807, 2.05) is 13.0 Å². The molecule has 1 aliphatic heterocycles. The van der Waals surface area contributed by atoms with E-state index in [1.54, 1.807) is 22.7 Å². The van der Waals surface area contributed by atoms with E-state index >= 15 is 0 Å². The molecule has 5 nitrogen and oxygen atoms in total. The van der Waals surface area contributed by atoms with E-state index in [2.05, 4.69) is 39.9 Å². The summed E-state index contributed by atoms with van der Waals surface area (Å²) >= 11 is 3.35. The summed E-state index contributed by atoms with van der Waals surface area (Å²) in [5, 5.41) is 8.59. The lowest BCUT2D eigenvalue weighted by Crippen LogP contribution is -2.40. The van der Waals surface area contributed by atoms with Crippen LogP contribution in [0.4, 0.5) is 0 Å². The lowest BCUT2D eigenvalue weighted by Gasteiger charge is -2.30. The second-order valence-electron chi connectivity index (χ2n) is 6.57. The van der Waals surface area contributed by atoms with Crippen LogP contribution in [0.1, 0.15) is 35.1 Å². The molecule has 0 radical (unpaired) electrons. The fourth-order valence-electron chi connectivity index (χ4n) is 3.22.